The molecule has 3 aromatic rings. The van der Waals surface area contributed by atoms with Crippen LogP contribution in [0.15, 0.2) is 60.7 Å². The van der Waals surface area contributed by atoms with Crippen molar-refractivity contribution in [3.05, 3.63) is 76.8 Å². The lowest BCUT2D eigenvalue weighted by Crippen LogP contribution is -2.15. The van der Waals surface area contributed by atoms with E-state index in [1.807, 2.05) is 0 Å². The molecule has 6 nitrogen and oxygen atoms in total. The molecule has 0 saturated carbocycles. The average molecular weight is 499 g/mol. The first-order valence-corrected chi connectivity index (χ1v) is 11.5. The van der Waals surface area contributed by atoms with Crippen molar-refractivity contribution in [2.45, 2.75) is 13.1 Å². The molecule has 0 aromatic heterocycles. The fourth-order valence-electron chi connectivity index (χ4n) is 2.87. The van der Waals surface area contributed by atoms with E-state index < -0.39 is 27.7 Å². The zero-order valence-electron chi connectivity index (χ0n) is 17.1. The largest absolute Gasteiger partial charge is 0.506 e. The minimum absolute atomic E-state index is 0.0758. The van der Waals surface area contributed by atoms with Crippen LogP contribution in [0.4, 0.5) is 24.5 Å². The fourth-order valence-corrected chi connectivity index (χ4v) is 3.80. The second-order valence-electron chi connectivity index (χ2n) is 6.96. The van der Waals surface area contributed by atoms with Gasteiger partial charge in [0.1, 0.15) is 5.75 Å². The summed E-state index contributed by atoms with van der Waals surface area (Å²) in [7, 11) is -3.63. The number of phenols is 1. The van der Waals surface area contributed by atoms with Gasteiger partial charge in [0, 0.05) is 21.8 Å². The molecule has 0 heterocycles. The summed E-state index contributed by atoms with van der Waals surface area (Å²) in [6.07, 6.45) is -4.51. The van der Waals surface area contributed by atoms with Crippen molar-refractivity contribution in [2.24, 2.45) is 0 Å². The number of hydrogen-bond donors (Lipinski definition) is 3. The summed E-state index contributed by atoms with van der Waals surface area (Å²) in [5.41, 5.74) is 0.435. The highest BCUT2D eigenvalue weighted by atomic mass is 35.5. The number of phenolic OH excluding ortho intramolecular Hbond substituents is 1. The molecule has 3 aromatic carbocycles. The molecule has 0 saturated heterocycles. The van der Waals surface area contributed by atoms with E-state index in [4.69, 9.17) is 11.6 Å². The zero-order valence-corrected chi connectivity index (χ0v) is 18.6. The number of alkyl halides is 3. The molecule has 0 unspecified atom stereocenters. The highest BCUT2D eigenvalue weighted by Crippen LogP contribution is 2.35. The van der Waals surface area contributed by atoms with Crippen molar-refractivity contribution in [2.75, 3.05) is 15.8 Å². The zero-order chi connectivity index (χ0) is 24.4. The molecule has 0 aliphatic heterocycles. The Balaban J connectivity index is 1.78. The van der Waals surface area contributed by atoms with E-state index in [1.165, 1.54) is 43.3 Å². The van der Waals surface area contributed by atoms with Crippen LogP contribution in [0.3, 0.4) is 0 Å². The van der Waals surface area contributed by atoms with Gasteiger partial charge in [0.2, 0.25) is 10.0 Å². The Hall–Kier alpha value is -3.24. The highest BCUT2D eigenvalue weighted by molar-refractivity contribution is 7.92. The third-order valence-corrected chi connectivity index (χ3v) is 6.26. The summed E-state index contributed by atoms with van der Waals surface area (Å²) < 4.78 is 64.2. The third kappa shape index (κ3) is 5.96. The van der Waals surface area contributed by atoms with Crippen molar-refractivity contribution >= 4 is 38.9 Å². The normalized spacial score (nSPS) is 11.8. The van der Waals surface area contributed by atoms with Gasteiger partial charge >= 0.3 is 6.18 Å². The van der Waals surface area contributed by atoms with Gasteiger partial charge in [0.05, 0.1) is 17.0 Å². The maximum absolute atomic E-state index is 12.8. The van der Waals surface area contributed by atoms with Crippen molar-refractivity contribution < 1.29 is 31.5 Å². The minimum Gasteiger partial charge on any atom is -0.506 e. The molecule has 0 radical (unpaired) electrons. The smallest absolute Gasteiger partial charge is 0.416 e. The Kier molecular flexibility index (Phi) is 6.89. The lowest BCUT2D eigenvalue weighted by atomic mass is 10.0. The maximum Gasteiger partial charge on any atom is 0.416 e. The van der Waals surface area contributed by atoms with Gasteiger partial charge in [0.15, 0.2) is 0 Å². The van der Waals surface area contributed by atoms with Gasteiger partial charge in [-0.25, -0.2) is 8.42 Å². The number of hydrogen-bond acceptors (Lipinski definition) is 4. The maximum atomic E-state index is 12.8. The van der Waals surface area contributed by atoms with Crippen LogP contribution in [-0.2, 0) is 16.2 Å². The lowest BCUT2D eigenvalue weighted by Gasteiger charge is -2.12. The highest BCUT2D eigenvalue weighted by Gasteiger charge is 2.31. The molecule has 0 spiro atoms. The fraction of sp³-hybridized carbons (Fsp3) is 0.136. The van der Waals surface area contributed by atoms with Gasteiger partial charge in [-0.2, -0.15) is 13.2 Å². The monoisotopic (exact) mass is 498 g/mol. The van der Waals surface area contributed by atoms with Gasteiger partial charge in [0.25, 0.3) is 5.91 Å². The molecular formula is C22H18ClF3N2O4S. The Morgan fingerprint density at radius 2 is 1.70 bits per heavy atom. The summed E-state index contributed by atoms with van der Waals surface area (Å²) in [4.78, 5) is 12.6. The second kappa shape index (κ2) is 9.32. The first-order chi connectivity index (χ1) is 15.4. The summed E-state index contributed by atoms with van der Waals surface area (Å²) in [6, 6.07) is 13.0. The van der Waals surface area contributed by atoms with Crippen LogP contribution >= 0.6 is 11.6 Å². The van der Waals surface area contributed by atoms with E-state index in [1.54, 1.807) is 12.1 Å². The van der Waals surface area contributed by atoms with Crippen molar-refractivity contribution in [1.82, 2.24) is 0 Å². The van der Waals surface area contributed by atoms with E-state index in [-0.39, 0.29) is 33.5 Å². The van der Waals surface area contributed by atoms with Gasteiger partial charge in [-0.05, 0) is 55.0 Å². The van der Waals surface area contributed by atoms with Gasteiger partial charge in [-0.15, -0.1) is 0 Å². The number of sulfonamides is 1. The van der Waals surface area contributed by atoms with Crippen LogP contribution in [0.1, 0.15) is 22.8 Å². The lowest BCUT2D eigenvalue weighted by molar-refractivity contribution is -0.137. The number of aromatic hydroxyl groups is 1. The SMILES string of the molecule is CCS(=O)(=O)Nc1cc(NC(=O)c2ccc(-c3ccc(C(F)(F)F)cc3Cl)cc2)ccc1O. The molecule has 174 valence electrons. The molecule has 3 rings (SSSR count). The van der Waals surface area contributed by atoms with Crippen molar-refractivity contribution in [3.63, 3.8) is 0 Å². The Morgan fingerprint density at radius 1 is 1.03 bits per heavy atom. The van der Waals surface area contributed by atoms with Crippen LogP contribution in [0, 0.1) is 0 Å². The van der Waals surface area contributed by atoms with Gasteiger partial charge in [-0.1, -0.05) is 29.8 Å². The molecule has 0 bridgehead atoms. The predicted octanol–water partition coefficient (Wildman–Crippen LogP) is 5.75. The quantitative estimate of drug-likeness (QED) is 0.298. The van der Waals surface area contributed by atoms with Gasteiger partial charge < -0.3 is 10.4 Å². The third-order valence-electron chi connectivity index (χ3n) is 4.65. The summed E-state index contributed by atoms with van der Waals surface area (Å²) in [6.45, 7) is 1.44. The van der Waals surface area contributed by atoms with E-state index in [9.17, 15) is 31.5 Å². The Morgan fingerprint density at radius 3 is 2.27 bits per heavy atom. The average Bonchev–Trinajstić information content (AvgIpc) is 2.75. The van der Waals surface area contributed by atoms with E-state index in [0.29, 0.717) is 11.1 Å². The number of benzene rings is 3. The van der Waals surface area contributed by atoms with Crippen LogP contribution in [-0.4, -0.2) is 25.2 Å². The van der Waals surface area contributed by atoms with Crippen LogP contribution in [0.25, 0.3) is 11.1 Å². The topological polar surface area (TPSA) is 95.5 Å². The van der Waals surface area contributed by atoms with E-state index >= 15 is 0 Å². The first-order valence-electron chi connectivity index (χ1n) is 9.51. The summed E-state index contributed by atoms with van der Waals surface area (Å²) in [5.74, 6) is -1.02. The molecule has 0 atom stereocenters. The molecule has 33 heavy (non-hydrogen) atoms. The number of amides is 1. The number of halogens is 4. The molecule has 0 fully saturated rings. The summed E-state index contributed by atoms with van der Waals surface area (Å²) in [5, 5.41) is 12.4. The second-order valence-corrected chi connectivity index (χ2v) is 9.38. The Bertz CT molecular complexity index is 1290. The number of anilines is 2. The summed E-state index contributed by atoms with van der Waals surface area (Å²) >= 11 is 6.01. The molecule has 0 aliphatic rings. The standard InChI is InChI=1S/C22H18ClF3N2O4S/c1-2-33(31,32)28-19-12-16(8-10-20(19)29)27-21(30)14-5-3-13(4-6-14)17-9-7-15(11-18(17)23)22(24,25)26/h3-12,28-29H,2H2,1H3,(H,27,30). The minimum atomic E-state index is -4.51. The molecule has 11 heteroatoms. The van der Waals surface area contributed by atoms with Gasteiger partial charge in [-0.3, -0.25) is 9.52 Å². The van der Waals surface area contributed by atoms with Crippen molar-refractivity contribution in [3.8, 4) is 16.9 Å². The number of carbonyl (C=O) groups excluding carboxylic acids is 1. The molecular weight excluding hydrogens is 481 g/mol. The number of rotatable bonds is 6. The van der Waals surface area contributed by atoms with Crippen LogP contribution < -0.4 is 10.0 Å². The number of nitrogens with one attached hydrogen (secondary N) is 2. The van der Waals surface area contributed by atoms with Crippen molar-refractivity contribution in [1.29, 1.82) is 0 Å². The number of carbonyl (C=O) groups is 1. The molecule has 1 amide bonds. The van der Waals surface area contributed by atoms with E-state index in [2.05, 4.69) is 10.0 Å². The van der Waals surface area contributed by atoms with Crippen LogP contribution in [0.2, 0.25) is 5.02 Å². The molecule has 3 N–H and O–H groups in total. The van der Waals surface area contributed by atoms with Crippen LogP contribution in [0.5, 0.6) is 5.75 Å². The first kappa shape index (κ1) is 24.4. The predicted molar refractivity (Wildman–Crippen MR) is 121 cm³/mol. The van der Waals surface area contributed by atoms with E-state index in [0.717, 1.165) is 12.1 Å². The molecule has 0 aliphatic carbocycles. The Labute approximate surface area is 193 Å².